The van der Waals surface area contributed by atoms with Crippen LogP contribution in [0.15, 0.2) is 47.6 Å². The van der Waals surface area contributed by atoms with E-state index in [1.807, 2.05) is 49.4 Å². The van der Waals surface area contributed by atoms with Gasteiger partial charge in [0.05, 0.1) is 6.61 Å². The molecule has 0 N–H and O–H groups in total. The molecule has 1 heterocycles. The van der Waals surface area contributed by atoms with Crippen molar-refractivity contribution in [3.05, 3.63) is 53.1 Å². The van der Waals surface area contributed by atoms with Gasteiger partial charge in [0.15, 0.2) is 0 Å². The van der Waals surface area contributed by atoms with Crippen LogP contribution in [0.3, 0.4) is 0 Å². The summed E-state index contributed by atoms with van der Waals surface area (Å²) in [6.45, 7) is 2.46. The zero-order valence-corrected chi connectivity index (χ0v) is 9.27. The second-order valence-corrected chi connectivity index (χ2v) is 3.79. The summed E-state index contributed by atoms with van der Waals surface area (Å²) in [6, 6.07) is 10.0. The van der Waals surface area contributed by atoms with Crippen LogP contribution >= 0.6 is 0 Å². The van der Waals surface area contributed by atoms with E-state index in [4.69, 9.17) is 4.74 Å². The molecule has 0 saturated carbocycles. The molecular formula is C14H14O2. The number of hydrogen-bond donors (Lipinski definition) is 0. The van der Waals surface area contributed by atoms with E-state index in [1.54, 1.807) is 0 Å². The zero-order chi connectivity index (χ0) is 11.4. The average molecular weight is 214 g/mol. The van der Waals surface area contributed by atoms with E-state index >= 15 is 0 Å². The fraction of sp³-hybridized carbons (Fsp3) is 0.214. The van der Waals surface area contributed by atoms with Crippen LogP contribution in [0.25, 0.3) is 6.08 Å². The van der Waals surface area contributed by atoms with Gasteiger partial charge in [-0.2, -0.15) is 0 Å². The maximum atomic E-state index is 11.3. The Hall–Kier alpha value is -1.83. The first-order valence-electron chi connectivity index (χ1n) is 5.37. The Morgan fingerprint density at radius 1 is 1.31 bits per heavy atom. The number of benzene rings is 1. The van der Waals surface area contributed by atoms with Crippen LogP contribution in [0, 0.1) is 0 Å². The summed E-state index contributed by atoms with van der Waals surface area (Å²) in [5.74, 6) is -0.171. The lowest BCUT2D eigenvalue weighted by Gasteiger charge is -1.97. The lowest BCUT2D eigenvalue weighted by molar-refractivity contribution is -0.135. The third kappa shape index (κ3) is 2.40. The highest BCUT2D eigenvalue weighted by Crippen LogP contribution is 2.19. The van der Waals surface area contributed by atoms with Crippen LogP contribution in [0.4, 0.5) is 0 Å². The monoisotopic (exact) mass is 214 g/mol. The zero-order valence-electron chi connectivity index (χ0n) is 9.27. The lowest BCUT2D eigenvalue weighted by atomic mass is 10.1. The number of carbonyl (C=O) groups is 1. The summed E-state index contributed by atoms with van der Waals surface area (Å²) >= 11 is 0. The molecule has 0 aliphatic carbocycles. The third-order valence-corrected chi connectivity index (χ3v) is 2.63. The largest absolute Gasteiger partial charge is 0.462 e. The molecule has 2 rings (SSSR count). The Balaban J connectivity index is 2.16. The first-order chi connectivity index (χ1) is 7.77. The fourth-order valence-corrected chi connectivity index (χ4v) is 1.68. The van der Waals surface area contributed by atoms with Gasteiger partial charge in [0, 0.05) is 12.0 Å². The lowest BCUT2D eigenvalue weighted by Crippen LogP contribution is -1.96. The van der Waals surface area contributed by atoms with Gasteiger partial charge in [0.25, 0.3) is 0 Å². The minimum absolute atomic E-state index is 0.171. The van der Waals surface area contributed by atoms with Gasteiger partial charge in [0.2, 0.25) is 0 Å². The normalized spacial score (nSPS) is 18.9. The quantitative estimate of drug-likeness (QED) is 0.559. The summed E-state index contributed by atoms with van der Waals surface area (Å²) in [6.07, 6.45) is 4.70. The molecule has 1 aliphatic rings. The molecule has 0 bridgehead atoms. The molecular weight excluding hydrogens is 200 g/mol. The van der Waals surface area contributed by atoms with Crippen molar-refractivity contribution in [3.63, 3.8) is 0 Å². The number of hydrogen-bond acceptors (Lipinski definition) is 2. The van der Waals surface area contributed by atoms with E-state index in [0.717, 1.165) is 23.1 Å². The maximum Gasteiger partial charge on any atom is 0.334 e. The Labute approximate surface area is 95.2 Å². The van der Waals surface area contributed by atoms with Gasteiger partial charge < -0.3 is 4.74 Å². The number of ether oxygens (including phenoxy) is 1. The predicted octanol–water partition coefficient (Wildman–Crippen LogP) is 2.96. The first kappa shape index (κ1) is 10.7. The Bertz CT molecular complexity index is 441. The molecule has 0 unspecified atom stereocenters. The van der Waals surface area contributed by atoms with Crippen LogP contribution in [-0.2, 0) is 9.53 Å². The molecule has 1 aromatic carbocycles. The molecule has 2 nitrogen and oxygen atoms in total. The highest BCUT2D eigenvalue weighted by atomic mass is 16.5. The Kier molecular flexibility index (Phi) is 3.20. The second kappa shape index (κ2) is 4.79. The second-order valence-electron chi connectivity index (χ2n) is 3.79. The molecule has 0 spiro atoms. The highest BCUT2D eigenvalue weighted by molar-refractivity contribution is 5.91. The number of cyclic esters (lactones) is 1. The van der Waals surface area contributed by atoms with E-state index in [-0.39, 0.29) is 5.97 Å². The van der Waals surface area contributed by atoms with Crippen LogP contribution in [0.5, 0.6) is 0 Å². The minimum Gasteiger partial charge on any atom is -0.462 e. The van der Waals surface area contributed by atoms with Crippen LogP contribution < -0.4 is 0 Å². The molecule has 0 radical (unpaired) electrons. The smallest absolute Gasteiger partial charge is 0.334 e. The van der Waals surface area contributed by atoms with Gasteiger partial charge in [-0.25, -0.2) is 4.79 Å². The first-order valence-corrected chi connectivity index (χ1v) is 5.37. The van der Waals surface area contributed by atoms with E-state index in [1.165, 1.54) is 0 Å². The molecule has 1 fully saturated rings. The van der Waals surface area contributed by atoms with E-state index in [2.05, 4.69) is 0 Å². The summed E-state index contributed by atoms with van der Waals surface area (Å²) in [4.78, 5) is 11.3. The van der Waals surface area contributed by atoms with E-state index < -0.39 is 0 Å². The number of carbonyl (C=O) groups excluding carboxylic acids is 1. The van der Waals surface area contributed by atoms with Crippen molar-refractivity contribution < 1.29 is 9.53 Å². The molecule has 1 aliphatic heterocycles. The molecule has 2 heteroatoms. The summed E-state index contributed by atoms with van der Waals surface area (Å²) < 4.78 is 4.91. The van der Waals surface area contributed by atoms with Crippen molar-refractivity contribution in [2.24, 2.45) is 0 Å². The van der Waals surface area contributed by atoms with Gasteiger partial charge in [-0.1, -0.05) is 42.5 Å². The van der Waals surface area contributed by atoms with Crippen molar-refractivity contribution in [3.8, 4) is 0 Å². The van der Waals surface area contributed by atoms with E-state index in [9.17, 15) is 4.79 Å². The van der Waals surface area contributed by atoms with E-state index in [0.29, 0.717) is 6.61 Å². The Morgan fingerprint density at radius 2 is 2.06 bits per heavy atom. The molecule has 0 aromatic heterocycles. The van der Waals surface area contributed by atoms with Crippen LogP contribution in [0.2, 0.25) is 0 Å². The van der Waals surface area contributed by atoms with Crippen molar-refractivity contribution in [2.75, 3.05) is 6.61 Å². The van der Waals surface area contributed by atoms with Gasteiger partial charge in [-0.3, -0.25) is 0 Å². The molecule has 0 amide bonds. The van der Waals surface area contributed by atoms with Gasteiger partial charge in [0.1, 0.15) is 0 Å². The minimum atomic E-state index is -0.171. The third-order valence-electron chi connectivity index (χ3n) is 2.63. The van der Waals surface area contributed by atoms with Gasteiger partial charge >= 0.3 is 5.97 Å². The maximum absolute atomic E-state index is 11.3. The van der Waals surface area contributed by atoms with Crippen molar-refractivity contribution in [1.82, 2.24) is 0 Å². The van der Waals surface area contributed by atoms with Crippen LogP contribution in [0.1, 0.15) is 18.9 Å². The SMILES string of the molecule is CC(/C=C\c1ccccc1)=C1\CCOC1=O. The summed E-state index contributed by atoms with van der Waals surface area (Å²) in [7, 11) is 0. The molecule has 1 saturated heterocycles. The Morgan fingerprint density at radius 3 is 2.69 bits per heavy atom. The van der Waals surface area contributed by atoms with Crippen molar-refractivity contribution >= 4 is 12.0 Å². The fourth-order valence-electron chi connectivity index (χ4n) is 1.68. The van der Waals surface area contributed by atoms with Crippen molar-refractivity contribution in [1.29, 1.82) is 0 Å². The number of rotatable bonds is 2. The summed E-state index contributed by atoms with van der Waals surface area (Å²) in [5, 5.41) is 0. The topological polar surface area (TPSA) is 26.3 Å². The molecule has 82 valence electrons. The highest BCUT2D eigenvalue weighted by Gasteiger charge is 2.19. The number of allylic oxidation sites excluding steroid dienone is 2. The molecule has 1 aromatic rings. The average Bonchev–Trinajstić information content (AvgIpc) is 2.74. The van der Waals surface area contributed by atoms with Crippen molar-refractivity contribution in [2.45, 2.75) is 13.3 Å². The number of esters is 1. The van der Waals surface area contributed by atoms with Gasteiger partial charge in [-0.05, 0) is 18.1 Å². The summed E-state index contributed by atoms with van der Waals surface area (Å²) in [5.41, 5.74) is 2.92. The standard InChI is InChI=1S/C14H14O2/c1-11(13-9-10-16-14(13)15)7-8-12-5-3-2-4-6-12/h2-8H,9-10H2,1H3/b8-7-,13-11-. The molecule has 0 atom stereocenters. The van der Waals surface area contributed by atoms with Crippen LogP contribution in [-0.4, -0.2) is 12.6 Å². The predicted molar refractivity (Wildman–Crippen MR) is 63.8 cm³/mol. The molecule has 16 heavy (non-hydrogen) atoms. The van der Waals surface area contributed by atoms with Gasteiger partial charge in [-0.15, -0.1) is 0 Å².